The molecule has 2 aromatic rings. The topological polar surface area (TPSA) is 72.2 Å². The average Bonchev–Trinajstić information content (AvgIpc) is 2.45. The lowest BCUT2D eigenvalue weighted by Gasteiger charge is -2.18. The molecule has 0 bridgehead atoms. The van der Waals surface area contributed by atoms with E-state index in [1.807, 2.05) is 50.2 Å². The van der Waals surface area contributed by atoms with Gasteiger partial charge in [-0.3, -0.25) is 9.59 Å². The molecule has 2 amide bonds. The molecule has 0 aliphatic carbocycles. The highest BCUT2D eigenvalue weighted by atomic mass is 16.2. The Bertz CT molecular complexity index is 659. The van der Waals surface area contributed by atoms with Crippen LogP contribution in [0.1, 0.15) is 30.6 Å². The molecule has 2 rings (SSSR count). The Hall–Kier alpha value is -2.36. The summed E-state index contributed by atoms with van der Waals surface area (Å²) in [6.45, 7) is 3.97. The van der Waals surface area contributed by atoms with Crippen LogP contribution >= 0.6 is 0 Å². The minimum absolute atomic E-state index is 0.267. The average molecular weight is 284 g/mol. The first-order valence-electron chi connectivity index (χ1n) is 7.07. The van der Waals surface area contributed by atoms with Gasteiger partial charge >= 0.3 is 0 Å². The van der Waals surface area contributed by atoms with E-state index < -0.39 is 11.9 Å². The summed E-state index contributed by atoms with van der Waals surface area (Å²) in [7, 11) is 0. The Kier molecular flexibility index (Phi) is 4.58. The van der Waals surface area contributed by atoms with Gasteiger partial charge in [-0.25, -0.2) is 0 Å². The number of nitrogens with one attached hydrogen (secondary N) is 1. The summed E-state index contributed by atoms with van der Waals surface area (Å²) in [6.07, 6.45) is 0.534. The molecular weight excluding hydrogens is 264 g/mol. The van der Waals surface area contributed by atoms with Gasteiger partial charge < -0.3 is 11.1 Å². The smallest absolute Gasteiger partial charge is 0.252 e. The van der Waals surface area contributed by atoms with E-state index in [1.165, 1.54) is 0 Å². The summed E-state index contributed by atoms with van der Waals surface area (Å²) in [5, 5.41) is 4.60. The molecule has 0 saturated heterocycles. The van der Waals surface area contributed by atoms with Crippen molar-refractivity contribution < 1.29 is 9.59 Å². The summed E-state index contributed by atoms with van der Waals surface area (Å²) in [5.74, 6) is -0.496. The van der Waals surface area contributed by atoms with Gasteiger partial charge in [-0.15, -0.1) is 0 Å². The van der Waals surface area contributed by atoms with Gasteiger partial charge in [-0.2, -0.15) is 0 Å². The molecule has 0 aliphatic rings. The van der Waals surface area contributed by atoms with Gasteiger partial charge in [0, 0.05) is 5.56 Å². The summed E-state index contributed by atoms with van der Waals surface area (Å²) in [4.78, 5) is 23.9. The lowest BCUT2D eigenvalue weighted by atomic mass is 10.0. The molecule has 0 aromatic heterocycles. The second-order valence-electron chi connectivity index (χ2n) is 5.58. The molecule has 0 spiro atoms. The second kappa shape index (κ2) is 6.39. The zero-order valence-corrected chi connectivity index (χ0v) is 12.3. The fraction of sp³-hybridized carbons (Fsp3) is 0.294. The van der Waals surface area contributed by atoms with Crippen LogP contribution in [0.5, 0.6) is 0 Å². The molecule has 0 saturated carbocycles. The van der Waals surface area contributed by atoms with E-state index in [2.05, 4.69) is 5.32 Å². The molecule has 1 atom stereocenters. The van der Waals surface area contributed by atoms with E-state index in [0.717, 1.165) is 10.8 Å². The van der Waals surface area contributed by atoms with Crippen molar-refractivity contribution in [1.29, 1.82) is 0 Å². The normalized spacial score (nSPS) is 12.3. The molecule has 110 valence electrons. The van der Waals surface area contributed by atoms with Crippen molar-refractivity contribution >= 4 is 22.6 Å². The van der Waals surface area contributed by atoms with Crippen LogP contribution < -0.4 is 11.1 Å². The Balaban J connectivity index is 2.27. The van der Waals surface area contributed by atoms with E-state index in [9.17, 15) is 9.59 Å². The molecule has 0 heterocycles. The molecule has 21 heavy (non-hydrogen) atoms. The number of hydrogen-bond donors (Lipinski definition) is 2. The van der Waals surface area contributed by atoms with Gasteiger partial charge in [-0.05, 0) is 29.2 Å². The molecule has 0 unspecified atom stereocenters. The third-order valence-corrected chi connectivity index (χ3v) is 3.39. The largest absolute Gasteiger partial charge is 0.368 e. The Labute approximate surface area is 124 Å². The quantitative estimate of drug-likeness (QED) is 0.885. The number of amides is 2. The van der Waals surface area contributed by atoms with Crippen LogP contribution in [-0.2, 0) is 4.79 Å². The predicted octanol–water partition coefficient (Wildman–Crippen LogP) is 2.47. The van der Waals surface area contributed by atoms with Crippen LogP contribution in [0.25, 0.3) is 10.8 Å². The number of fused-ring (bicyclic) bond motifs is 1. The summed E-state index contributed by atoms with van der Waals surface area (Å²) in [6, 6.07) is 12.6. The highest BCUT2D eigenvalue weighted by molar-refractivity contribution is 6.08. The number of carbonyl (C=O) groups excluding carboxylic acids is 2. The molecule has 0 radical (unpaired) electrons. The molecule has 2 aromatic carbocycles. The number of primary amides is 1. The maximum atomic E-state index is 12.4. The number of nitrogens with two attached hydrogens (primary N) is 1. The molecule has 4 nitrogen and oxygen atoms in total. The monoisotopic (exact) mass is 284 g/mol. The minimum Gasteiger partial charge on any atom is -0.368 e. The van der Waals surface area contributed by atoms with Gasteiger partial charge in [0.05, 0.1) is 0 Å². The van der Waals surface area contributed by atoms with Crippen molar-refractivity contribution in [3.05, 3.63) is 48.0 Å². The highest BCUT2D eigenvalue weighted by Crippen LogP contribution is 2.18. The lowest BCUT2D eigenvalue weighted by molar-refractivity contribution is -0.120. The van der Waals surface area contributed by atoms with Crippen LogP contribution in [0, 0.1) is 5.92 Å². The van der Waals surface area contributed by atoms with E-state index in [1.54, 1.807) is 6.07 Å². The minimum atomic E-state index is -0.642. The van der Waals surface area contributed by atoms with Crippen molar-refractivity contribution in [3.63, 3.8) is 0 Å². The van der Waals surface area contributed by atoms with Crippen molar-refractivity contribution in [2.24, 2.45) is 11.7 Å². The van der Waals surface area contributed by atoms with Gasteiger partial charge in [0.15, 0.2) is 0 Å². The number of hydrogen-bond acceptors (Lipinski definition) is 2. The maximum Gasteiger partial charge on any atom is 0.252 e. The molecular formula is C17H20N2O2. The lowest BCUT2D eigenvalue weighted by Crippen LogP contribution is -2.45. The van der Waals surface area contributed by atoms with E-state index >= 15 is 0 Å². The van der Waals surface area contributed by atoms with Crippen molar-refractivity contribution in [3.8, 4) is 0 Å². The summed E-state index contributed by atoms with van der Waals surface area (Å²) < 4.78 is 0. The Morgan fingerprint density at radius 3 is 2.43 bits per heavy atom. The number of carbonyl (C=O) groups is 2. The zero-order chi connectivity index (χ0) is 15.4. The summed E-state index contributed by atoms with van der Waals surface area (Å²) in [5.41, 5.74) is 5.93. The molecule has 0 aliphatic heterocycles. The van der Waals surface area contributed by atoms with Crippen molar-refractivity contribution in [1.82, 2.24) is 5.32 Å². The Morgan fingerprint density at radius 2 is 1.76 bits per heavy atom. The number of benzene rings is 2. The van der Waals surface area contributed by atoms with E-state index in [4.69, 9.17) is 5.73 Å². The fourth-order valence-corrected chi connectivity index (χ4v) is 2.38. The zero-order valence-electron chi connectivity index (χ0n) is 12.3. The van der Waals surface area contributed by atoms with Gasteiger partial charge in [0.25, 0.3) is 5.91 Å². The molecule has 0 fully saturated rings. The van der Waals surface area contributed by atoms with E-state index in [0.29, 0.717) is 12.0 Å². The van der Waals surface area contributed by atoms with Crippen molar-refractivity contribution in [2.75, 3.05) is 0 Å². The van der Waals surface area contributed by atoms with E-state index in [-0.39, 0.29) is 11.8 Å². The third kappa shape index (κ3) is 3.60. The fourth-order valence-electron chi connectivity index (χ4n) is 2.38. The maximum absolute atomic E-state index is 12.4. The first kappa shape index (κ1) is 15.0. The molecule has 3 N–H and O–H groups in total. The first-order chi connectivity index (χ1) is 9.99. The van der Waals surface area contributed by atoms with Gasteiger partial charge in [0.2, 0.25) is 5.91 Å². The van der Waals surface area contributed by atoms with Crippen LogP contribution in [-0.4, -0.2) is 17.9 Å². The van der Waals surface area contributed by atoms with Crippen LogP contribution in [0.3, 0.4) is 0 Å². The van der Waals surface area contributed by atoms with Crippen LogP contribution in [0.2, 0.25) is 0 Å². The SMILES string of the molecule is CC(C)C[C@@H](NC(=O)c1cccc2ccccc12)C(N)=O. The summed E-state index contributed by atoms with van der Waals surface area (Å²) >= 11 is 0. The predicted molar refractivity (Wildman–Crippen MR) is 83.9 cm³/mol. The van der Waals surface area contributed by atoms with Crippen LogP contribution in [0.15, 0.2) is 42.5 Å². The van der Waals surface area contributed by atoms with Gasteiger partial charge in [-0.1, -0.05) is 50.2 Å². The highest BCUT2D eigenvalue weighted by Gasteiger charge is 2.20. The second-order valence-corrected chi connectivity index (χ2v) is 5.58. The van der Waals surface area contributed by atoms with Crippen LogP contribution in [0.4, 0.5) is 0 Å². The third-order valence-electron chi connectivity index (χ3n) is 3.39. The molecule has 4 heteroatoms. The standard InChI is InChI=1S/C17H20N2O2/c1-11(2)10-15(16(18)20)19-17(21)14-9-5-7-12-6-3-4-8-13(12)14/h3-9,11,15H,10H2,1-2H3,(H2,18,20)(H,19,21)/t15-/m1/s1. The first-order valence-corrected chi connectivity index (χ1v) is 7.07. The Morgan fingerprint density at radius 1 is 1.10 bits per heavy atom. The number of rotatable bonds is 5. The van der Waals surface area contributed by atoms with Gasteiger partial charge in [0.1, 0.15) is 6.04 Å². The van der Waals surface area contributed by atoms with Crippen molar-refractivity contribution in [2.45, 2.75) is 26.3 Å².